The largest absolute Gasteiger partial charge is 0.416 e. The molecule has 3 aromatic rings. The van der Waals surface area contributed by atoms with Gasteiger partial charge in [0, 0.05) is 13.1 Å². The van der Waals surface area contributed by atoms with Crippen molar-refractivity contribution in [1.29, 1.82) is 0 Å². The van der Waals surface area contributed by atoms with Crippen molar-refractivity contribution >= 4 is 28.6 Å². The number of imidazole rings is 1. The molecule has 1 saturated heterocycles. The lowest BCUT2D eigenvalue weighted by Gasteiger charge is -2.20. The number of aliphatic imine (C=N–C) groups is 1. The molecule has 0 bridgehead atoms. The lowest BCUT2D eigenvalue weighted by molar-refractivity contribution is -0.137. The van der Waals surface area contributed by atoms with Crippen LogP contribution < -0.4 is 4.90 Å². The van der Waals surface area contributed by atoms with E-state index in [4.69, 9.17) is 0 Å². The molecule has 7 heteroatoms. The van der Waals surface area contributed by atoms with E-state index < -0.39 is 11.7 Å². The zero-order valence-corrected chi connectivity index (χ0v) is 13.9. The van der Waals surface area contributed by atoms with Gasteiger partial charge in [-0.3, -0.25) is 4.99 Å². The standard InChI is InChI=1S/C19H17F3N4/c20-19(21,22)13-7-8-17(26-9-3-4-10-26)16(11-13)23-12-18-24-14-5-1-2-6-15(14)25-18/h1-2,5-8,11-12H,3-4,9-10H2,(H,24,25)/b23-12+. The normalized spacial score (nSPS) is 15.4. The fraction of sp³-hybridized carbons (Fsp3) is 0.263. The first-order valence-corrected chi connectivity index (χ1v) is 8.46. The number of fused-ring (bicyclic) bond motifs is 1. The number of para-hydroxylation sites is 2. The van der Waals surface area contributed by atoms with Gasteiger partial charge in [0.1, 0.15) is 5.82 Å². The minimum atomic E-state index is -4.40. The number of halogens is 3. The Morgan fingerprint density at radius 3 is 2.58 bits per heavy atom. The minimum Gasteiger partial charge on any atom is -0.370 e. The zero-order chi connectivity index (χ0) is 18.1. The third-order valence-electron chi connectivity index (χ3n) is 4.48. The van der Waals surface area contributed by atoms with Crippen molar-refractivity contribution in [2.75, 3.05) is 18.0 Å². The first kappa shape index (κ1) is 16.6. The maximum atomic E-state index is 13.1. The van der Waals surface area contributed by atoms with Gasteiger partial charge in [-0.1, -0.05) is 12.1 Å². The number of nitrogens with zero attached hydrogens (tertiary/aromatic N) is 3. The Bertz CT molecular complexity index is 920. The molecule has 4 nitrogen and oxygen atoms in total. The first-order chi connectivity index (χ1) is 12.5. The van der Waals surface area contributed by atoms with Gasteiger partial charge in [0.05, 0.1) is 34.2 Å². The van der Waals surface area contributed by atoms with Gasteiger partial charge in [-0.05, 0) is 43.2 Å². The highest BCUT2D eigenvalue weighted by Gasteiger charge is 2.31. The van der Waals surface area contributed by atoms with Crippen LogP contribution in [0.2, 0.25) is 0 Å². The predicted molar refractivity (Wildman–Crippen MR) is 96.2 cm³/mol. The number of H-pyrrole nitrogens is 1. The van der Waals surface area contributed by atoms with E-state index in [2.05, 4.69) is 19.9 Å². The third-order valence-corrected chi connectivity index (χ3v) is 4.48. The molecule has 1 fully saturated rings. The van der Waals surface area contributed by atoms with Crippen molar-refractivity contribution in [3.8, 4) is 0 Å². The van der Waals surface area contributed by atoms with E-state index in [9.17, 15) is 13.2 Å². The maximum absolute atomic E-state index is 13.1. The van der Waals surface area contributed by atoms with Gasteiger partial charge < -0.3 is 9.88 Å². The fourth-order valence-electron chi connectivity index (χ4n) is 3.19. The van der Waals surface area contributed by atoms with Crippen LogP contribution in [0.4, 0.5) is 24.5 Å². The lowest BCUT2D eigenvalue weighted by atomic mass is 10.1. The number of hydrogen-bond donors (Lipinski definition) is 1. The van der Waals surface area contributed by atoms with Gasteiger partial charge in [-0.15, -0.1) is 0 Å². The SMILES string of the molecule is FC(F)(F)c1ccc(N2CCCC2)c(/N=C/c2nc3ccccc3[nH]2)c1. The van der Waals surface area contributed by atoms with Crippen molar-refractivity contribution < 1.29 is 13.2 Å². The molecule has 0 aliphatic carbocycles. The predicted octanol–water partition coefficient (Wildman–Crippen LogP) is 4.93. The Kier molecular flexibility index (Phi) is 4.14. The summed E-state index contributed by atoms with van der Waals surface area (Å²) in [4.78, 5) is 13.9. The summed E-state index contributed by atoms with van der Waals surface area (Å²) < 4.78 is 39.3. The molecule has 4 rings (SSSR count). The Morgan fingerprint density at radius 2 is 1.85 bits per heavy atom. The van der Waals surface area contributed by atoms with E-state index in [-0.39, 0.29) is 0 Å². The highest BCUT2D eigenvalue weighted by Crippen LogP contribution is 2.37. The molecule has 134 valence electrons. The van der Waals surface area contributed by atoms with Crippen LogP contribution >= 0.6 is 0 Å². The molecule has 1 N–H and O–H groups in total. The summed E-state index contributed by atoms with van der Waals surface area (Å²) in [6.45, 7) is 1.66. The van der Waals surface area contributed by atoms with Crippen LogP contribution in [0.25, 0.3) is 11.0 Å². The summed E-state index contributed by atoms with van der Waals surface area (Å²) in [5, 5.41) is 0. The first-order valence-electron chi connectivity index (χ1n) is 8.46. The number of aromatic nitrogens is 2. The molecule has 1 aromatic heterocycles. The van der Waals surface area contributed by atoms with Crippen LogP contribution in [-0.4, -0.2) is 29.3 Å². The second-order valence-electron chi connectivity index (χ2n) is 6.29. The van der Waals surface area contributed by atoms with E-state index in [1.165, 1.54) is 12.3 Å². The van der Waals surface area contributed by atoms with E-state index in [0.29, 0.717) is 11.5 Å². The summed E-state index contributed by atoms with van der Waals surface area (Å²) in [5.41, 5.74) is 1.98. The Balaban J connectivity index is 1.72. The molecule has 0 atom stereocenters. The second kappa shape index (κ2) is 6.48. The van der Waals surface area contributed by atoms with Crippen molar-refractivity contribution in [3.63, 3.8) is 0 Å². The molecule has 0 unspecified atom stereocenters. The summed E-state index contributed by atoms with van der Waals surface area (Å²) in [6.07, 6.45) is -0.844. The average molecular weight is 358 g/mol. The molecule has 0 saturated carbocycles. The van der Waals surface area contributed by atoms with Crippen LogP contribution in [0.5, 0.6) is 0 Å². The van der Waals surface area contributed by atoms with Crippen molar-refractivity contribution in [1.82, 2.24) is 9.97 Å². The lowest BCUT2D eigenvalue weighted by Crippen LogP contribution is -2.18. The second-order valence-corrected chi connectivity index (χ2v) is 6.29. The average Bonchev–Trinajstić information content (AvgIpc) is 3.28. The molecular formula is C19H17F3N4. The van der Waals surface area contributed by atoms with Crippen molar-refractivity contribution in [2.24, 2.45) is 4.99 Å². The van der Waals surface area contributed by atoms with E-state index >= 15 is 0 Å². The van der Waals surface area contributed by atoms with Gasteiger partial charge in [-0.2, -0.15) is 13.2 Å². The molecule has 1 aliphatic rings. The number of aromatic amines is 1. The van der Waals surface area contributed by atoms with Crippen molar-refractivity contribution in [2.45, 2.75) is 19.0 Å². The molecular weight excluding hydrogens is 341 g/mol. The molecule has 2 aromatic carbocycles. The maximum Gasteiger partial charge on any atom is 0.416 e. The minimum absolute atomic E-state index is 0.308. The summed E-state index contributed by atoms with van der Waals surface area (Å²) in [6, 6.07) is 11.3. The summed E-state index contributed by atoms with van der Waals surface area (Å²) in [7, 11) is 0. The Hall–Kier alpha value is -2.83. The highest BCUT2D eigenvalue weighted by molar-refractivity contribution is 5.86. The van der Waals surface area contributed by atoms with Crippen LogP contribution in [0, 0.1) is 0 Å². The summed E-state index contributed by atoms with van der Waals surface area (Å²) >= 11 is 0. The molecule has 26 heavy (non-hydrogen) atoms. The smallest absolute Gasteiger partial charge is 0.370 e. The van der Waals surface area contributed by atoms with E-state index in [1.54, 1.807) is 0 Å². The topological polar surface area (TPSA) is 44.3 Å². The molecule has 2 heterocycles. The van der Waals surface area contributed by atoms with Crippen LogP contribution in [0.15, 0.2) is 47.5 Å². The number of rotatable bonds is 3. The van der Waals surface area contributed by atoms with Crippen LogP contribution in [-0.2, 0) is 6.18 Å². The number of anilines is 1. The molecule has 0 spiro atoms. The molecule has 0 amide bonds. The van der Waals surface area contributed by atoms with E-state index in [0.717, 1.165) is 54.8 Å². The summed E-state index contributed by atoms with van der Waals surface area (Å²) in [5.74, 6) is 0.510. The van der Waals surface area contributed by atoms with Crippen molar-refractivity contribution in [3.05, 3.63) is 53.9 Å². The fourth-order valence-corrected chi connectivity index (χ4v) is 3.19. The zero-order valence-electron chi connectivity index (χ0n) is 13.9. The number of benzene rings is 2. The van der Waals surface area contributed by atoms with Crippen LogP contribution in [0.3, 0.4) is 0 Å². The van der Waals surface area contributed by atoms with Gasteiger partial charge in [0.15, 0.2) is 0 Å². The highest BCUT2D eigenvalue weighted by atomic mass is 19.4. The van der Waals surface area contributed by atoms with E-state index in [1.807, 2.05) is 24.3 Å². The Labute approximate surface area is 148 Å². The van der Waals surface area contributed by atoms with Gasteiger partial charge >= 0.3 is 6.18 Å². The molecule has 1 aliphatic heterocycles. The van der Waals surface area contributed by atoms with Crippen LogP contribution in [0.1, 0.15) is 24.2 Å². The monoisotopic (exact) mass is 358 g/mol. The number of nitrogens with one attached hydrogen (secondary N) is 1. The van der Waals surface area contributed by atoms with Gasteiger partial charge in [0.2, 0.25) is 0 Å². The quantitative estimate of drug-likeness (QED) is 0.675. The Morgan fingerprint density at radius 1 is 1.08 bits per heavy atom. The number of alkyl halides is 3. The third kappa shape index (κ3) is 3.29. The number of hydrogen-bond acceptors (Lipinski definition) is 3. The van der Waals surface area contributed by atoms with Gasteiger partial charge in [0.25, 0.3) is 0 Å². The molecule has 0 radical (unpaired) electrons. The van der Waals surface area contributed by atoms with Gasteiger partial charge in [-0.25, -0.2) is 4.98 Å².